The first-order chi connectivity index (χ1) is 10.4. The van der Waals surface area contributed by atoms with Crippen molar-refractivity contribution in [3.63, 3.8) is 0 Å². The van der Waals surface area contributed by atoms with Crippen LogP contribution in [0.4, 0.5) is 0 Å². The maximum absolute atomic E-state index is 3.59. The molecule has 0 saturated heterocycles. The van der Waals surface area contributed by atoms with Crippen LogP contribution < -0.4 is 16.0 Å². The van der Waals surface area contributed by atoms with Crippen LogP contribution in [0.3, 0.4) is 0 Å². The lowest BCUT2D eigenvalue weighted by Gasteiger charge is -2.19. The minimum atomic E-state index is 0.749. The highest BCUT2D eigenvalue weighted by molar-refractivity contribution is 4.66. The second-order valence-electron chi connectivity index (χ2n) is 8.03. The van der Waals surface area contributed by atoms with Crippen LogP contribution in [-0.2, 0) is 0 Å². The van der Waals surface area contributed by atoms with Crippen molar-refractivity contribution in [1.29, 1.82) is 0 Å². The van der Waals surface area contributed by atoms with Gasteiger partial charge in [-0.3, -0.25) is 0 Å². The average Bonchev–Trinajstić information content (AvgIpc) is 2.42. The van der Waals surface area contributed by atoms with E-state index in [-0.39, 0.29) is 0 Å². The molecule has 134 valence electrons. The monoisotopic (exact) mass is 313 g/mol. The quantitative estimate of drug-likeness (QED) is 0.405. The molecular weight excluding hydrogens is 270 g/mol. The van der Waals surface area contributed by atoms with Gasteiger partial charge in [-0.05, 0) is 82.2 Å². The van der Waals surface area contributed by atoms with Gasteiger partial charge < -0.3 is 16.0 Å². The molecule has 0 aromatic heterocycles. The summed E-state index contributed by atoms with van der Waals surface area (Å²) in [6.07, 6.45) is 3.91. The summed E-state index contributed by atoms with van der Waals surface area (Å²) in [7, 11) is 0. The molecule has 0 aliphatic rings. The second kappa shape index (κ2) is 14.5. The van der Waals surface area contributed by atoms with E-state index < -0.39 is 0 Å². The molecule has 0 rings (SSSR count). The van der Waals surface area contributed by atoms with E-state index in [1.54, 1.807) is 0 Å². The average molecular weight is 314 g/mol. The molecule has 3 nitrogen and oxygen atoms in total. The van der Waals surface area contributed by atoms with E-state index in [1.807, 2.05) is 0 Å². The molecule has 0 atom stereocenters. The Morgan fingerprint density at radius 3 is 1.00 bits per heavy atom. The molecule has 0 aliphatic carbocycles. The highest BCUT2D eigenvalue weighted by atomic mass is 14.9. The molecule has 0 aromatic rings. The Balaban J connectivity index is 3.86. The van der Waals surface area contributed by atoms with E-state index in [0.717, 1.165) is 62.9 Å². The summed E-state index contributed by atoms with van der Waals surface area (Å²) in [6, 6.07) is 0. The first-order valence-electron chi connectivity index (χ1n) is 9.53. The van der Waals surface area contributed by atoms with Crippen LogP contribution in [-0.4, -0.2) is 39.3 Å². The van der Waals surface area contributed by atoms with Crippen molar-refractivity contribution in [2.24, 2.45) is 23.7 Å². The van der Waals surface area contributed by atoms with Gasteiger partial charge in [0.2, 0.25) is 0 Å². The number of hydrogen-bond donors (Lipinski definition) is 3. The van der Waals surface area contributed by atoms with Crippen molar-refractivity contribution in [1.82, 2.24) is 16.0 Å². The predicted octanol–water partition coefficient (Wildman–Crippen LogP) is 3.51. The molecule has 0 spiro atoms. The Labute approximate surface area is 140 Å². The highest BCUT2D eigenvalue weighted by Crippen LogP contribution is 2.12. The maximum Gasteiger partial charge on any atom is -0.00258 e. The zero-order chi connectivity index (χ0) is 16.8. The smallest absolute Gasteiger partial charge is 0.00258 e. The van der Waals surface area contributed by atoms with Gasteiger partial charge in [0.05, 0.1) is 0 Å². The van der Waals surface area contributed by atoms with E-state index in [1.165, 1.54) is 19.3 Å². The maximum atomic E-state index is 3.59. The summed E-state index contributed by atoms with van der Waals surface area (Å²) in [5, 5.41) is 10.8. The fourth-order valence-electron chi connectivity index (χ4n) is 2.52. The molecule has 0 saturated carbocycles. The minimum absolute atomic E-state index is 0.749. The fraction of sp³-hybridized carbons (Fsp3) is 1.00. The van der Waals surface area contributed by atoms with Crippen molar-refractivity contribution in [3.8, 4) is 0 Å². The topological polar surface area (TPSA) is 36.1 Å². The van der Waals surface area contributed by atoms with Crippen LogP contribution in [0.15, 0.2) is 0 Å². The van der Waals surface area contributed by atoms with Crippen molar-refractivity contribution in [2.75, 3.05) is 39.3 Å². The molecule has 0 radical (unpaired) electrons. The third kappa shape index (κ3) is 16.3. The van der Waals surface area contributed by atoms with Crippen molar-refractivity contribution in [2.45, 2.75) is 60.8 Å². The third-order valence-electron chi connectivity index (χ3n) is 3.85. The van der Waals surface area contributed by atoms with Crippen LogP contribution in [0.2, 0.25) is 0 Å². The van der Waals surface area contributed by atoms with E-state index in [4.69, 9.17) is 0 Å². The number of rotatable bonds is 15. The van der Waals surface area contributed by atoms with Gasteiger partial charge >= 0.3 is 0 Å². The summed E-state index contributed by atoms with van der Waals surface area (Å²) in [5.74, 6) is 3.08. The Bertz CT molecular complexity index is 189. The molecule has 0 aromatic carbocycles. The zero-order valence-electron chi connectivity index (χ0n) is 16.2. The van der Waals surface area contributed by atoms with Crippen LogP contribution in [0.25, 0.3) is 0 Å². The molecule has 0 bridgehead atoms. The van der Waals surface area contributed by atoms with E-state index >= 15 is 0 Å². The van der Waals surface area contributed by atoms with Crippen LogP contribution in [0, 0.1) is 23.7 Å². The van der Waals surface area contributed by atoms with Gasteiger partial charge in [-0.15, -0.1) is 0 Å². The number of hydrogen-bond acceptors (Lipinski definition) is 3. The van der Waals surface area contributed by atoms with Gasteiger partial charge in [-0.1, -0.05) is 41.5 Å². The van der Waals surface area contributed by atoms with Gasteiger partial charge in [0, 0.05) is 0 Å². The molecule has 0 fully saturated rings. The summed E-state index contributed by atoms with van der Waals surface area (Å²) < 4.78 is 0. The zero-order valence-corrected chi connectivity index (χ0v) is 16.2. The Hall–Kier alpha value is -0.120. The van der Waals surface area contributed by atoms with Gasteiger partial charge in [-0.2, -0.15) is 0 Å². The lowest BCUT2D eigenvalue weighted by Crippen LogP contribution is -2.28. The van der Waals surface area contributed by atoms with Gasteiger partial charge in [0.1, 0.15) is 0 Å². The summed E-state index contributed by atoms with van der Waals surface area (Å²) >= 11 is 0. The first-order valence-corrected chi connectivity index (χ1v) is 9.53. The van der Waals surface area contributed by atoms with E-state index in [0.29, 0.717) is 0 Å². The fourth-order valence-corrected chi connectivity index (χ4v) is 2.52. The molecule has 0 unspecified atom stereocenters. The molecule has 0 amide bonds. The molecule has 3 heteroatoms. The van der Waals surface area contributed by atoms with Crippen LogP contribution >= 0.6 is 0 Å². The normalized spacial score (nSPS) is 12.3. The molecule has 0 heterocycles. The Kier molecular flexibility index (Phi) is 14.4. The highest BCUT2D eigenvalue weighted by Gasteiger charge is 2.09. The van der Waals surface area contributed by atoms with Gasteiger partial charge in [-0.25, -0.2) is 0 Å². The lowest BCUT2D eigenvalue weighted by molar-refractivity contribution is 0.376. The van der Waals surface area contributed by atoms with Crippen LogP contribution in [0.1, 0.15) is 60.8 Å². The van der Waals surface area contributed by atoms with Crippen molar-refractivity contribution < 1.29 is 0 Å². The molecule has 0 aliphatic heterocycles. The van der Waals surface area contributed by atoms with Crippen LogP contribution in [0.5, 0.6) is 0 Å². The van der Waals surface area contributed by atoms with E-state index in [2.05, 4.69) is 57.5 Å². The van der Waals surface area contributed by atoms with Crippen molar-refractivity contribution >= 4 is 0 Å². The Morgan fingerprint density at radius 2 is 0.773 bits per heavy atom. The third-order valence-corrected chi connectivity index (χ3v) is 3.85. The summed E-state index contributed by atoms with van der Waals surface area (Å²) in [4.78, 5) is 0. The second-order valence-corrected chi connectivity index (χ2v) is 8.03. The summed E-state index contributed by atoms with van der Waals surface area (Å²) in [5.41, 5.74) is 0. The number of nitrogens with one attached hydrogen (secondary N) is 3. The van der Waals surface area contributed by atoms with Crippen molar-refractivity contribution in [3.05, 3.63) is 0 Å². The van der Waals surface area contributed by atoms with Gasteiger partial charge in [0.25, 0.3) is 0 Å². The molecule has 3 N–H and O–H groups in total. The largest absolute Gasteiger partial charge is 0.316 e. The standard InChI is InChI=1S/C19H43N3/c1-16(2)13-20-10-7-19(8-11-21-14-17(3)4)9-12-22-15-18(5)6/h16-22H,7-15H2,1-6H3. The minimum Gasteiger partial charge on any atom is -0.316 e. The lowest BCUT2D eigenvalue weighted by atomic mass is 9.97. The first kappa shape index (κ1) is 21.9. The molecule has 22 heavy (non-hydrogen) atoms. The Morgan fingerprint density at radius 1 is 0.500 bits per heavy atom. The van der Waals surface area contributed by atoms with Gasteiger partial charge in [0.15, 0.2) is 0 Å². The summed E-state index contributed by atoms with van der Waals surface area (Å²) in [6.45, 7) is 20.6. The van der Waals surface area contributed by atoms with E-state index in [9.17, 15) is 0 Å². The molecular formula is C19H43N3. The predicted molar refractivity (Wildman–Crippen MR) is 100 cm³/mol. The SMILES string of the molecule is CC(C)CNCCC(CCNCC(C)C)CCNCC(C)C.